The second kappa shape index (κ2) is 10.5. The fraction of sp³-hybridized carbons (Fsp3) is 0.375. The molecule has 32 heavy (non-hydrogen) atoms. The number of thioether (sulfide) groups is 1. The Balaban J connectivity index is 1.32. The minimum absolute atomic E-state index is 0.0106. The molecule has 2 aromatic carbocycles. The maximum absolute atomic E-state index is 12.8. The van der Waals surface area contributed by atoms with Gasteiger partial charge in [0.15, 0.2) is 0 Å². The highest BCUT2D eigenvalue weighted by molar-refractivity contribution is 7.99. The van der Waals surface area contributed by atoms with Crippen LogP contribution in [0, 0.1) is 17.2 Å². The number of nitriles is 1. The average molecular weight is 449 g/mol. The Labute approximate surface area is 192 Å². The summed E-state index contributed by atoms with van der Waals surface area (Å²) < 4.78 is 0. The summed E-state index contributed by atoms with van der Waals surface area (Å²) in [7, 11) is 0. The zero-order chi connectivity index (χ0) is 22.3. The van der Waals surface area contributed by atoms with Crippen LogP contribution >= 0.6 is 11.8 Å². The second-order valence-corrected chi connectivity index (χ2v) is 9.14. The van der Waals surface area contributed by atoms with Crippen molar-refractivity contribution in [3.63, 3.8) is 0 Å². The summed E-state index contributed by atoms with van der Waals surface area (Å²) >= 11 is 1.60. The van der Waals surface area contributed by atoms with Gasteiger partial charge in [0.05, 0.1) is 35.3 Å². The van der Waals surface area contributed by atoms with Crippen LogP contribution in [-0.4, -0.2) is 59.3 Å². The number of benzene rings is 2. The van der Waals surface area contributed by atoms with Crippen LogP contribution in [0.25, 0.3) is 11.0 Å². The summed E-state index contributed by atoms with van der Waals surface area (Å²) in [5, 5.41) is 12.1. The fourth-order valence-corrected chi connectivity index (χ4v) is 4.72. The second-order valence-electron chi connectivity index (χ2n) is 8.08. The van der Waals surface area contributed by atoms with E-state index in [4.69, 9.17) is 10.2 Å². The van der Waals surface area contributed by atoms with Gasteiger partial charge in [0.25, 0.3) is 0 Å². The zero-order valence-corrected chi connectivity index (χ0v) is 19.1. The van der Waals surface area contributed by atoms with Crippen molar-refractivity contribution in [1.82, 2.24) is 14.9 Å². The number of nitrogens with one attached hydrogen (secondary N) is 2. The van der Waals surface area contributed by atoms with Crippen molar-refractivity contribution in [3.8, 4) is 6.07 Å². The quantitative estimate of drug-likeness (QED) is 0.532. The van der Waals surface area contributed by atoms with Crippen LogP contribution in [0.15, 0.2) is 53.4 Å². The molecule has 1 aliphatic heterocycles. The van der Waals surface area contributed by atoms with E-state index in [1.165, 1.54) is 0 Å². The average Bonchev–Trinajstić information content (AvgIpc) is 3.11. The van der Waals surface area contributed by atoms with E-state index in [1.54, 1.807) is 11.8 Å². The third-order valence-corrected chi connectivity index (χ3v) is 6.84. The van der Waals surface area contributed by atoms with Crippen LogP contribution in [0.4, 0.5) is 11.6 Å². The summed E-state index contributed by atoms with van der Waals surface area (Å²) in [4.78, 5) is 26.3. The van der Waals surface area contributed by atoms with Crippen molar-refractivity contribution in [2.75, 3.05) is 48.7 Å². The van der Waals surface area contributed by atoms with E-state index < -0.39 is 0 Å². The lowest BCUT2D eigenvalue weighted by Crippen LogP contribution is -2.36. The Kier molecular flexibility index (Phi) is 7.30. The largest absolute Gasteiger partial charge is 0.341 e. The molecule has 0 radical (unpaired) electrons. The van der Waals surface area contributed by atoms with Crippen LogP contribution in [-0.2, 0) is 4.79 Å². The highest BCUT2D eigenvalue weighted by Gasteiger charge is 2.20. The molecule has 1 unspecified atom stereocenters. The lowest BCUT2D eigenvalue weighted by atomic mass is 10.3. The molecule has 0 saturated carbocycles. The number of rotatable bonds is 7. The van der Waals surface area contributed by atoms with Gasteiger partial charge in [-0.1, -0.05) is 24.3 Å². The Hall–Kier alpha value is -3.02. The number of carbonyl (C=O) groups is 1. The molecule has 4 rings (SSSR count). The molecule has 3 aromatic rings. The van der Waals surface area contributed by atoms with E-state index >= 15 is 0 Å². The van der Waals surface area contributed by atoms with E-state index in [0.29, 0.717) is 12.3 Å². The summed E-state index contributed by atoms with van der Waals surface area (Å²) in [5.74, 6) is 1.56. The molecule has 1 fully saturated rings. The lowest BCUT2D eigenvalue weighted by molar-refractivity contribution is -0.117. The SMILES string of the molecule is CC(C#N)CSc1ccccc1NC(=O)CN1CCCN(c2nc3ccccc3[nH]2)CC1. The molecule has 0 spiro atoms. The van der Waals surface area contributed by atoms with Gasteiger partial charge in [0.1, 0.15) is 0 Å². The number of aromatic amines is 1. The zero-order valence-electron chi connectivity index (χ0n) is 18.3. The predicted octanol–water partition coefficient (Wildman–Crippen LogP) is 3.97. The van der Waals surface area contributed by atoms with Crippen molar-refractivity contribution >= 4 is 40.3 Å². The third kappa shape index (κ3) is 5.61. The number of H-pyrrole nitrogens is 1. The molecule has 1 amide bonds. The molecular weight excluding hydrogens is 420 g/mol. The number of amides is 1. The Bertz CT molecular complexity index is 1070. The summed E-state index contributed by atoms with van der Waals surface area (Å²) in [6, 6.07) is 18.1. The molecule has 7 nitrogen and oxygen atoms in total. The predicted molar refractivity (Wildman–Crippen MR) is 130 cm³/mol. The van der Waals surface area contributed by atoms with Gasteiger partial charge in [-0.25, -0.2) is 4.98 Å². The van der Waals surface area contributed by atoms with Gasteiger partial charge in [-0.05, 0) is 37.6 Å². The molecule has 166 valence electrons. The van der Waals surface area contributed by atoms with Gasteiger partial charge >= 0.3 is 0 Å². The molecule has 8 heteroatoms. The van der Waals surface area contributed by atoms with Crippen LogP contribution in [0.2, 0.25) is 0 Å². The number of carbonyl (C=O) groups excluding carboxylic acids is 1. The molecule has 1 saturated heterocycles. The summed E-state index contributed by atoms with van der Waals surface area (Å²) in [5.41, 5.74) is 2.83. The fourth-order valence-electron chi connectivity index (χ4n) is 3.77. The number of hydrogen-bond acceptors (Lipinski definition) is 6. The molecule has 0 aliphatic carbocycles. The molecule has 2 heterocycles. The number of para-hydroxylation sites is 3. The monoisotopic (exact) mass is 448 g/mol. The number of anilines is 2. The number of imidazole rings is 1. The molecule has 0 bridgehead atoms. The van der Waals surface area contributed by atoms with Crippen molar-refractivity contribution in [2.45, 2.75) is 18.2 Å². The first-order chi connectivity index (χ1) is 15.6. The van der Waals surface area contributed by atoms with Crippen LogP contribution in [0.5, 0.6) is 0 Å². The van der Waals surface area contributed by atoms with E-state index in [0.717, 1.165) is 60.2 Å². The first-order valence-electron chi connectivity index (χ1n) is 11.0. The van der Waals surface area contributed by atoms with Crippen LogP contribution < -0.4 is 10.2 Å². The third-order valence-electron chi connectivity index (χ3n) is 5.50. The smallest absolute Gasteiger partial charge is 0.238 e. The first kappa shape index (κ1) is 22.2. The number of hydrogen-bond donors (Lipinski definition) is 2. The topological polar surface area (TPSA) is 88.1 Å². The van der Waals surface area contributed by atoms with Gasteiger partial charge in [0, 0.05) is 36.8 Å². The normalized spacial score (nSPS) is 15.8. The molecule has 1 atom stereocenters. The maximum Gasteiger partial charge on any atom is 0.238 e. The van der Waals surface area contributed by atoms with Crippen molar-refractivity contribution in [1.29, 1.82) is 5.26 Å². The van der Waals surface area contributed by atoms with Gasteiger partial charge < -0.3 is 15.2 Å². The van der Waals surface area contributed by atoms with E-state index in [2.05, 4.69) is 26.2 Å². The molecule has 1 aliphatic rings. The van der Waals surface area contributed by atoms with Crippen LogP contribution in [0.1, 0.15) is 13.3 Å². The van der Waals surface area contributed by atoms with E-state index in [-0.39, 0.29) is 11.8 Å². The highest BCUT2D eigenvalue weighted by atomic mass is 32.2. The molecule has 1 aromatic heterocycles. The highest BCUT2D eigenvalue weighted by Crippen LogP contribution is 2.28. The van der Waals surface area contributed by atoms with Gasteiger partial charge in [0.2, 0.25) is 11.9 Å². The number of fused-ring (bicyclic) bond motifs is 1. The summed E-state index contributed by atoms with van der Waals surface area (Å²) in [6.45, 7) is 5.69. The Morgan fingerprint density at radius 2 is 2.00 bits per heavy atom. The van der Waals surface area contributed by atoms with Gasteiger partial charge in [-0.15, -0.1) is 11.8 Å². The Morgan fingerprint density at radius 3 is 2.84 bits per heavy atom. The van der Waals surface area contributed by atoms with E-state index in [9.17, 15) is 4.79 Å². The number of aromatic nitrogens is 2. The van der Waals surface area contributed by atoms with Crippen LogP contribution in [0.3, 0.4) is 0 Å². The summed E-state index contributed by atoms with van der Waals surface area (Å²) in [6.07, 6.45) is 0.975. The van der Waals surface area contributed by atoms with Gasteiger partial charge in [-0.3, -0.25) is 9.69 Å². The minimum Gasteiger partial charge on any atom is -0.341 e. The minimum atomic E-state index is -0.0319. The first-order valence-corrected chi connectivity index (χ1v) is 11.9. The standard InChI is InChI=1S/C24H28N6OS/c1-18(15-25)17-32-22-10-5-4-9-21(22)26-23(31)16-29-11-6-12-30(14-13-29)24-27-19-7-2-3-8-20(19)28-24/h2-5,7-10,18H,6,11-14,16-17H2,1H3,(H,26,31)(H,27,28). The Morgan fingerprint density at radius 1 is 1.19 bits per heavy atom. The molecule has 2 N–H and O–H groups in total. The van der Waals surface area contributed by atoms with E-state index in [1.807, 2.05) is 55.5 Å². The van der Waals surface area contributed by atoms with Gasteiger partial charge in [-0.2, -0.15) is 5.26 Å². The maximum atomic E-state index is 12.8. The van der Waals surface area contributed by atoms with Crippen molar-refractivity contribution < 1.29 is 4.79 Å². The van der Waals surface area contributed by atoms with Crippen molar-refractivity contribution in [3.05, 3.63) is 48.5 Å². The lowest BCUT2D eigenvalue weighted by Gasteiger charge is -2.21. The molecular formula is C24H28N6OS. The van der Waals surface area contributed by atoms with Crippen molar-refractivity contribution in [2.24, 2.45) is 5.92 Å². The number of nitrogens with zero attached hydrogens (tertiary/aromatic N) is 4.